The van der Waals surface area contributed by atoms with E-state index in [1.807, 2.05) is 18.7 Å². The van der Waals surface area contributed by atoms with E-state index in [1.165, 1.54) is 11.1 Å². The summed E-state index contributed by atoms with van der Waals surface area (Å²) in [5.41, 5.74) is 2.45. The third-order valence-corrected chi connectivity index (χ3v) is 4.29. The van der Waals surface area contributed by atoms with Gasteiger partial charge in [0, 0.05) is 38.6 Å². The summed E-state index contributed by atoms with van der Waals surface area (Å²) in [5, 5.41) is 2.91. The molecule has 2 amide bonds. The molecule has 0 saturated carbocycles. The molecular formula is C19H29N3O2. The summed E-state index contributed by atoms with van der Waals surface area (Å²) < 4.78 is 0. The van der Waals surface area contributed by atoms with Crippen LogP contribution in [0.5, 0.6) is 0 Å². The lowest BCUT2D eigenvalue weighted by atomic mass is 10.1. The van der Waals surface area contributed by atoms with Crippen molar-refractivity contribution in [3.05, 3.63) is 35.4 Å². The number of rotatable bonds is 6. The SMILES string of the molecule is Cc1ccc(CCC(=O)N2CCN(CC(=O)NC(C)C)CC2)cc1. The van der Waals surface area contributed by atoms with Crippen molar-refractivity contribution in [2.75, 3.05) is 32.7 Å². The van der Waals surface area contributed by atoms with Crippen molar-refractivity contribution >= 4 is 11.8 Å². The quantitative estimate of drug-likeness (QED) is 0.861. The third kappa shape index (κ3) is 5.96. The fraction of sp³-hybridized carbons (Fsp3) is 0.579. The molecule has 1 heterocycles. The van der Waals surface area contributed by atoms with E-state index in [2.05, 4.69) is 41.4 Å². The van der Waals surface area contributed by atoms with Gasteiger partial charge in [0.25, 0.3) is 0 Å². The van der Waals surface area contributed by atoms with Gasteiger partial charge in [0.2, 0.25) is 11.8 Å². The number of piperazine rings is 1. The number of benzene rings is 1. The lowest BCUT2D eigenvalue weighted by Crippen LogP contribution is -2.51. The molecule has 132 valence electrons. The van der Waals surface area contributed by atoms with Crippen LogP contribution in [-0.2, 0) is 16.0 Å². The molecular weight excluding hydrogens is 302 g/mol. The van der Waals surface area contributed by atoms with Crippen LogP contribution in [0.25, 0.3) is 0 Å². The van der Waals surface area contributed by atoms with E-state index in [9.17, 15) is 9.59 Å². The maximum atomic E-state index is 12.3. The van der Waals surface area contributed by atoms with E-state index in [0.717, 1.165) is 19.5 Å². The summed E-state index contributed by atoms with van der Waals surface area (Å²) in [7, 11) is 0. The normalized spacial score (nSPS) is 15.6. The van der Waals surface area contributed by atoms with Crippen LogP contribution in [0.3, 0.4) is 0 Å². The molecule has 0 radical (unpaired) electrons. The average Bonchev–Trinajstić information content (AvgIpc) is 2.54. The van der Waals surface area contributed by atoms with Gasteiger partial charge in [-0.15, -0.1) is 0 Å². The number of carbonyl (C=O) groups is 2. The van der Waals surface area contributed by atoms with E-state index >= 15 is 0 Å². The molecule has 2 rings (SSSR count). The molecule has 0 unspecified atom stereocenters. The second-order valence-electron chi connectivity index (χ2n) is 6.86. The van der Waals surface area contributed by atoms with E-state index < -0.39 is 0 Å². The van der Waals surface area contributed by atoms with Crippen LogP contribution in [0.4, 0.5) is 0 Å². The van der Waals surface area contributed by atoms with Crippen LogP contribution in [0.2, 0.25) is 0 Å². The predicted molar refractivity (Wildman–Crippen MR) is 95.8 cm³/mol. The van der Waals surface area contributed by atoms with Gasteiger partial charge in [-0.05, 0) is 32.8 Å². The zero-order valence-corrected chi connectivity index (χ0v) is 15.0. The molecule has 1 aromatic rings. The number of nitrogens with one attached hydrogen (secondary N) is 1. The first kappa shape index (κ1) is 18.5. The zero-order valence-electron chi connectivity index (χ0n) is 15.0. The largest absolute Gasteiger partial charge is 0.353 e. The van der Waals surface area contributed by atoms with Crippen molar-refractivity contribution in [1.82, 2.24) is 15.1 Å². The Morgan fingerprint density at radius 2 is 1.71 bits per heavy atom. The van der Waals surface area contributed by atoms with Crippen molar-refractivity contribution in [2.45, 2.75) is 39.7 Å². The van der Waals surface area contributed by atoms with Crippen LogP contribution < -0.4 is 5.32 Å². The second-order valence-corrected chi connectivity index (χ2v) is 6.86. The Hall–Kier alpha value is -1.88. The minimum Gasteiger partial charge on any atom is -0.353 e. The molecule has 0 aromatic heterocycles. The van der Waals surface area contributed by atoms with E-state index in [1.54, 1.807) is 0 Å². The van der Waals surface area contributed by atoms with Gasteiger partial charge in [0.05, 0.1) is 6.54 Å². The van der Waals surface area contributed by atoms with Crippen molar-refractivity contribution in [3.8, 4) is 0 Å². The topological polar surface area (TPSA) is 52.7 Å². The molecule has 1 aromatic carbocycles. The van der Waals surface area contributed by atoms with Crippen LogP contribution in [-0.4, -0.2) is 60.4 Å². The third-order valence-electron chi connectivity index (χ3n) is 4.29. The second kappa shape index (κ2) is 8.83. The maximum Gasteiger partial charge on any atom is 0.234 e. The van der Waals surface area contributed by atoms with E-state index in [4.69, 9.17) is 0 Å². The summed E-state index contributed by atoms with van der Waals surface area (Å²) in [6, 6.07) is 8.52. The van der Waals surface area contributed by atoms with Crippen LogP contribution >= 0.6 is 0 Å². The number of carbonyl (C=O) groups excluding carboxylic acids is 2. The fourth-order valence-corrected chi connectivity index (χ4v) is 2.89. The highest BCUT2D eigenvalue weighted by atomic mass is 16.2. The standard InChI is InChI=1S/C19H29N3O2/c1-15(2)20-18(23)14-21-10-12-22(13-11-21)19(24)9-8-17-6-4-16(3)5-7-17/h4-7,15H,8-14H2,1-3H3,(H,20,23). The van der Waals surface area contributed by atoms with Crippen molar-refractivity contribution in [2.24, 2.45) is 0 Å². The predicted octanol–water partition coefficient (Wildman–Crippen LogP) is 1.60. The van der Waals surface area contributed by atoms with Gasteiger partial charge in [-0.25, -0.2) is 0 Å². The smallest absolute Gasteiger partial charge is 0.234 e. The molecule has 1 N–H and O–H groups in total. The van der Waals surface area contributed by atoms with Crippen molar-refractivity contribution in [3.63, 3.8) is 0 Å². The molecule has 0 spiro atoms. The summed E-state index contributed by atoms with van der Waals surface area (Å²) in [5.74, 6) is 0.269. The lowest BCUT2D eigenvalue weighted by Gasteiger charge is -2.34. The number of aryl methyl sites for hydroxylation is 2. The Labute approximate surface area is 145 Å². The minimum absolute atomic E-state index is 0.0594. The number of hydrogen-bond acceptors (Lipinski definition) is 3. The Balaban J connectivity index is 1.70. The van der Waals surface area contributed by atoms with Gasteiger partial charge < -0.3 is 10.2 Å². The first-order chi connectivity index (χ1) is 11.4. The highest BCUT2D eigenvalue weighted by molar-refractivity contribution is 5.78. The molecule has 1 saturated heterocycles. The summed E-state index contributed by atoms with van der Waals surface area (Å²) in [6.45, 7) is 9.36. The summed E-state index contributed by atoms with van der Waals surface area (Å²) >= 11 is 0. The van der Waals surface area contributed by atoms with E-state index in [0.29, 0.717) is 26.1 Å². The van der Waals surface area contributed by atoms with Crippen molar-refractivity contribution in [1.29, 1.82) is 0 Å². The van der Waals surface area contributed by atoms with Crippen LogP contribution in [0.1, 0.15) is 31.4 Å². The molecule has 0 atom stereocenters. The molecule has 1 aliphatic rings. The number of hydrogen-bond donors (Lipinski definition) is 1. The number of nitrogens with zero attached hydrogens (tertiary/aromatic N) is 2. The monoisotopic (exact) mass is 331 g/mol. The molecule has 5 nitrogen and oxygen atoms in total. The summed E-state index contributed by atoms with van der Waals surface area (Å²) in [6.07, 6.45) is 1.34. The van der Waals surface area contributed by atoms with Crippen molar-refractivity contribution < 1.29 is 9.59 Å². The average molecular weight is 331 g/mol. The fourth-order valence-electron chi connectivity index (χ4n) is 2.89. The minimum atomic E-state index is 0.0594. The first-order valence-corrected chi connectivity index (χ1v) is 8.79. The summed E-state index contributed by atoms with van der Waals surface area (Å²) in [4.78, 5) is 28.2. The highest BCUT2D eigenvalue weighted by Crippen LogP contribution is 2.09. The van der Waals surface area contributed by atoms with Gasteiger partial charge >= 0.3 is 0 Å². The molecule has 0 aliphatic carbocycles. The van der Waals surface area contributed by atoms with Gasteiger partial charge in [-0.3, -0.25) is 14.5 Å². The Bertz CT molecular complexity index is 546. The molecule has 1 aliphatic heterocycles. The first-order valence-electron chi connectivity index (χ1n) is 8.79. The highest BCUT2D eigenvalue weighted by Gasteiger charge is 2.22. The number of amides is 2. The van der Waals surface area contributed by atoms with Gasteiger partial charge in [-0.2, -0.15) is 0 Å². The molecule has 0 bridgehead atoms. The Morgan fingerprint density at radius 3 is 2.29 bits per heavy atom. The van der Waals surface area contributed by atoms with Crippen LogP contribution in [0, 0.1) is 6.92 Å². The molecule has 1 fully saturated rings. The van der Waals surface area contributed by atoms with Gasteiger partial charge in [0.1, 0.15) is 0 Å². The van der Waals surface area contributed by atoms with E-state index in [-0.39, 0.29) is 17.9 Å². The van der Waals surface area contributed by atoms with Gasteiger partial charge in [-0.1, -0.05) is 29.8 Å². The molecule has 24 heavy (non-hydrogen) atoms. The van der Waals surface area contributed by atoms with Gasteiger partial charge in [0.15, 0.2) is 0 Å². The maximum absolute atomic E-state index is 12.3. The Morgan fingerprint density at radius 1 is 1.08 bits per heavy atom. The zero-order chi connectivity index (χ0) is 17.5. The van der Waals surface area contributed by atoms with Crippen LogP contribution in [0.15, 0.2) is 24.3 Å². The molecule has 5 heteroatoms. The Kier molecular flexibility index (Phi) is 6.79. The lowest BCUT2D eigenvalue weighted by molar-refractivity contribution is -0.133.